The number of aliphatic carboxylic acids is 1. The predicted molar refractivity (Wildman–Crippen MR) is 114 cm³/mol. The second kappa shape index (κ2) is 9.75. The number of aromatic nitrogens is 1. The van der Waals surface area contributed by atoms with Crippen molar-refractivity contribution < 1.29 is 19.4 Å². The van der Waals surface area contributed by atoms with Crippen molar-refractivity contribution in [2.45, 2.75) is 19.0 Å². The average molecular weight is 427 g/mol. The van der Waals surface area contributed by atoms with Crippen LogP contribution in [0.3, 0.4) is 0 Å². The first kappa shape index (κ1) is 21.1. The Hall–Kier alpha value is -3.59. The van der Waals surface area contributed by atoms with Crippen LogP contribution in [-0.4, -0.2) is 28.8 Å². The van der Waals surface area contributed by atoms with E-state index in [2.05, 4.69) is 10.6 Å². The first-order valence-electron chi connectivity index (χ1n) is 9.11. The van der Waals surface area contributed by atoms with E-state index in [1.807, 2.05) is 17.5 Å². The molecule has 0 aliphatic rings. The Bertz CT molecular complexity index is 1060. The molecular formula is C21H21N3O5S. The molecule has 2 amide bonds. The standard InChI is InChI=1S/C21H21N3O5S/c1-29-15-8-6-14(7-9-15)18(12-19(25)26)23-21(28)22-17-5-2-10-24(20(17)27)13-16-4-3-11-30-16/h2-11,18H,12-13H2,1H3,(H,25,26)(H2,22,23,28). The Morgan fingerprint density at radius 2 is 1.93 bits per heavy atom. The summed E-state index contributed by atoms with van der Waals surface area (Å²) >= 11 is 1.54. The molecule has 3 N–H and O–H groups in total. The van der Waals surface area contributed by atoms with E-state index in [0.717, 1.165) is 4.88 Å². The van der Waals surface area contributed by atoms with Gasteiger partial charge in [0.25, 0.3) is 5.56 Å². The molecule has 0 aliphatic heterocycles. The molecule has 8 nitrogen and oxygen atoms in total. The van der Waals surface area contributed by atoms with Gasteiger partial charge in [0.1, 0.15) is 11.4 Å². The second-order valence-electron chi connectivity index (χ2n) is 6.46. The summed E-state index contributed by atoms with van der Waals surface area (Å²) in [5.74, 6) is -0.443. The summed E-state index contributed by atoms with van der Waals surface area (Å²) in [5.41, 5.74) is 0.368. The van der Waals surface area contributed by atoms with Gasteiger partial charge in [0.2, 0.25) is 0 Å². The SMILES string of the molecule is COc1ccc(C(CC(=O)O)NC(=O)Nc2cccn(Cc3cccs3)c2=O)cc1. The third-order valence-corrected chi connectivity index (χ3v) is 5.24. The van der Waals surface area contributed by atoms with E-state index in [-0.39, 0.29) is 17.7 Å². The summed E-state index contributed by atoms with van der Waals surface area (Å²) in [5, 5.41) is 16.3. The van der Waals surface area contributed by atoms with E-state index in [9.17, 15) is 19.5 Å². The van der Waals surface area contributed by atoms with Gasteiger partial charge in [0.15, 0.2) is 0 Å². The highest BCUT2D eigenvalue weighted by Gasteiger charge is 2.19. The fraction of sp³-hybridized carbons (Fsp3) is 0.190. The van der Waals surface area contributed by atoms with Gasteiger partial charge in [-0.3, -0.25) is 9.59 Å². The normalized spacial score (nSPS) is 11.5. The number of hydrogen-bond donors (Lipinski definition) is 3. The molecule has 0 spiro atoms. The highest BCUT2D eigenvalue weighted by Crippen LogP contribution is 2.20. The molecule has 3 rings (SSSR count). The molecule has 1 aromatic carbocycles. The highest BCUT2D eigenvalue weighted by atomic mass is 32.1. The Morgan fingerprint density at radius 3 is 2.57 bits per heavy atom. The number of urea groups is 1. The van der Waals surface area contributed by atoms with Crippen LogP contribution in [0, 0.1) is 0 Å². The second-order valence-corrected chi connectivity index (χ2v) is 7.49. The van der Waals surface area contributed by atoms with Crippen LogP contribution < -0.4 is 20.9 Å². The fourth-order valence-corrected chi connectivity index (χ4v) is 3.61. The number of benzene rings is 1. The lowest BCUT2D eigenvalue weighted by atomic mass is 10.0. The zero-order valence-electron chi connectivity index (χ0n) is 16.2. The quantitative estimate of drug-likeness (QED) is 0.511. The molecule has 1 atom stereocenters. The van der Waals surface area contributed by atoms with Gasteiger partial charge in [-0.1, -0.05) is 18.2 Å². The van der Waals surface area contributed by atoms with Crippen LogP contribution in [0.1, 0.15) is 22.9 Å². The maximum Gasteiger partial charge on any atom is 0.319 e. The van der Waals surface area contributed by atoms with Gasteiger partial charge in [0.05, 0.1) is 26.1 Å². The third-order valence-electron chi connectivity index (χ3n) is 4.38. The zero-order chi connectivity index (χ0) is 21.5. The molecule has 0 bridgehead atoms. The number of carboxylic acids is 1. The van der Waals surface area contributed by atoms with Crippen molar-refractivity contribution in [2.75, 3.05) is 12.4 Å². The lowest BCUT2D eigenvalue weighted by Crippen LogP contribution is -2.36. The molecule has 0 aliphatic carbocycles. The van der Waals surface area contributed by atoms with Crippen LogP contribution in [0.15, 0.2) is 64.9 Å². The molecule has 156 valence electrons. The van der Waals surface area contributed by atoms with Crippen LogP contribution in [-0.2, 0) is 11.3 Å². The summed E-state index contributed by atoms with van der Waals surface area (Å²) in [6.45, 7) is 0.404. The minimum absolute atomic E-state index is 0.107. The Morgan fingerprint density at radius 1 is 1.17 bits per heavy atom. The minimum Gasteiger partial charge on any atom is -0.497 e. The summed E-state index contributed by atoms with van der Waals surface area (Å²) in [4.78, 5) is 37.4. The number of nitrogens with one attached hydrogen (secondary N) is 2. The first-order valence-corrected chi connectivity index (χ1v) is 9.99. The van der Waals surface area contributed by atoms with Crippen molar-refractivity contribution in [3.63, 3.8) is 0 Å². The molecule has 0 fully saturated rings. The monoisotopic (exact) mass is 427 g/mol. The Balaban J connectivity index is 1.73. The zero-order valence-corrected chi connectivity index (χ0v) is 17.0. The number of methoxy groups -OCH3 is 1. The van der Waals surface area contributed by atoms with Crippen LogP contribution in [0.4, 0.5) is 10.5 Å². The smallest absolute Gasteiger partial charge is 0.319 e. The average Bonchev–Trinajstić information content (AvgIpc) is 3.23. The molecular weight excluding hydrogens is 406 g/mol. The van der Waals surface area contributed by atoms with E-state index in [0.29, 0.717) is 17.9 Å². The number of thiophene rings is 1. The number of rotatable bonds is 8. The molecule has 30 heavy (non-hydrogen) atoms. The number of carbonyl (C=O) groups excluding carboxylic acids is 1. The van der Waals surface area contributed by atoms with E-state index < -0.39 is 18.0 Å². The molecule has 3 aromatic rings. The fourth-order valence-electron chi connectivity index (χ4n) is 2.91. The number of nitrogens with zero attached hydrogens (tertiary/aromatic N) is 1. The highest BCUT2D eigenvalue weighted by molar-refractivity contribution is 7.09. The van der Waals surface area contributed by atoms with Gasteiger partial charge in [0, 0.05) is 11.1 Å². The number of pyridine rings is 1. The van der Waals surface area contributed by atoms with Gasteiger partial charge in [-0.15, -0.1) is 11.3 Å². The number of ether oxygens (including phenoxy) is 1. The van der Waals surface area contributed by atoms with Gasteiger partial charge < -0.3 is 25.0 Å². The Kier molecular flexibility index (Phi) is 6.87. The van der Waals surface area contributed by atoms with Crippen molar-refractivity contribution >= 4 is 29.0 Å². The maximum absolute atomic E-state index is 12.7. The van der Waals surface area contributed by atoms with Gasteiger partial charge in [-0.05, 0) is 41.3 Å². The lowest BCUT2D eigenvalue weighted by molar-refractivity contribution is -0.137. The first-order chi connectivity index (χ1) is 14.5. The number of carboxylic acid groups (broad SMARTS) is 1. The van der Waals surface area contributed by atoms with Crippen molar-refractivity contribution in [1.29, 1.82) is 0 Å². The van der Waals surface area contributed by atoms with Crippen molar-refractivity contribution in [3.05, 3.63) is 80.9 Å². The molecule has 2 heterocycles. The molecule has 0 saturated heterocycles. The lowest BCUT2D eigenvalue weighted by Gasteiger charge is -2.18. The summed E-state index contributed by atoms with van der Waals surface area (Å²) < 4.78 is 6.60. The number of amides is 2. The van der Waals surface area contributed by atoms with E-state index in [1.165, 1.54) is 29.1 Å². The van der Waals surface area contributed by atoms with Crippen LogP contribution in [0.5, 0.6) is 5.75 Å². The predicted octanol–water partition coefficient (Wildman–Crippen LogP) is 3.30. The van der Waals surface area contributed by atoms with E-state index in [1.54, 1.807) is 36.5 Å². The van der Waals surface area contributed by atoms with Gasteiger partial charge in [-0.25, -0.2) is 4.79 Å². The molecule has 0 saturated carbocycles. The third kappa shape index (κ3) is 5.48. The van der Waals surface area contributed by atoms with Crippen LogP contribution >= 0.6 is 11.3 Å². The number of hydrogen-bond acceptors (Lipinski definition) is 5. The molecule has 0 radical (unpaired) electrons. The minimum atomic E-state index is -1.06. The number of anilines is 1. The maximum atomic E-state index is 12.7. The van der Waals surface area contributed by atoms with Crippen LogP contribution in [0.25, 0.3) is 0 Å². The Labute approximate surface area is 176 Å². The summed E-state index contributed by atoms with van der Waals surface area (Å²) in [7, 11) is 1.53. The molecule has 2 aromatic heterocycles. The van der Waals surface area contributed by atoms with Crippen LogP contribution in [0.2, 0.25) is 0 Å². The van der Waals surface area contributed by atoms with Gasteiger partial charge >= 0.3 is 12.0 Å². The van der Waals surface area contributed by atoms with E-state index >= 15 is 0 Å². The summed E-state index contributed by atoms with van der Waals surface area (Å²) in [6, 6.07) is 12.3. The number of carbonyl (C=O) groups is 2. The largest absolute Gasteiger partial charge is 0.497 e. The topological polar surface area (TPSA) is 110 Å². The van der Waals surface area contributed by atoms with Crippen molar-refractivity contribution in [2.24, 2.45) is 0 Å². The van der Waals surface area contributed by atoms with Gasteiger partial charge in [-0.2, -0.15) is 0 Å². The van der Waals surface area contributed by atoms with Crippen molar-refractivity contribution in [1.82, 2.24) is 9.88 Å². The molecule has 1 unspecified atom stereocenters. The van der Waals surface area contributed by atoms with E-state index in [4.69, 9.17) is 4.74 Å². The summed E-state index contributed by atoms with van der Waals surface area (Å²) in [6.07, 6.45) is 1.34. The molecule has 9 heteroatoms. The van der Waals surface area contributed by atoms with Crippen molar-refractivity contribution in [3.8, 4) is 5.75 Å².